The van der Waals surface area contributed by atoms with Gasteiger partial charge in [0, 0.05) is 25.9 Å². The van der Waals surface area contributed by atoms with Crippen molar-refractivity contribution in [3.8, 4) is 11.1 Å². The summed E-state index contributed by atoms with van der Waals surface area (Å²) < 4.78 is 40.6. The van der Waals surface area contributed by atoms with E-state index >= 15 is 4.39 Å². The second-order valence-corrected chi connectivity index (χ2v) is 11.4. The van der Waals surface area contributed by atoms with Crippen LogP contribution in [0.1, 0.15) is 39.5 Å². The maximum absolute atomic E-state index is 15.0. The first kappa shape index (κ1) is 22.8. The Hall–Kier alpha value is -2.94. The number of carbonyl (C=O) groups excluding carboxylic acids is 2. The first-order valence-corrected chi connectivity index (χ1v) is 13.3. The molecule has 1 unspecified atom stereocenters. The van der Waals surface area contributed by atoms with E-state index in [9.17, 15) is 18.0 Å². The fourth-order valence-electron chi connectivity index (χ4n) is 5.17. The Bertz CT molecular complexity index is 1270. The molecule has 2 amide bonds. The van der Waals surface area contributed by atoms with Gasteiger partial charge in [-0.3, -0.25) is 13.9 Å². The number of hydrogen-bond acceptors (Lipinski definition) is 4. The smallest absolute Gasteiger partial charge is 0.235 e. The SMILES string of the molecule is CC(=O)N1c2ccc(-c3ccc(N4CCCS4(=O)=O)c(F)c3)cc2N(C(=O)C2CCC2)CC1C. The van der Waals surface area contributed by atoms with Crippen LogP contribution in [0.5, 0.6) is 0 Å². The van der Waals surface area contributed by atoms with Crippen LogP contribution in [0.2, 0.25) is 0 Å². The maximum atomic E-state index is 15.0. The van der Waals surface area contributed by atoms with Gasteiger partial charge in [0.15, 0.2) is 0 Å². The quantitative estimate of drug-likeness (QED) is 0.660. The average Bonchev–Trinajstić information content (AvgIpc) is 3.09. The van der Waals surface area contributed by atoms with Gasteiger partial charge in [0.1, 0.15) is 5.82 Å². The fourth-order valence-corrected chi connectivity index (χ4v) is 6.74. The van der Waals surface area contributed by atoms with Crippen LogP contribution in [0.3, 0.4) is 0 Å². The van der Waals surface area contributed by atoms with Crippen LogP contribution < -0.4 is 14.1 Å². The second kappa shape index (κ2) is 8.37. The number of benzene rings is 2. The maximum Gasteiger partial charge on any atom is 0.235 e. The van der Waals surface area contributed by atoms with Crippen LogP contribution in [-0.2, 0) is 19.6 Å². The van der Waals surface area contributed by atoms with E-state index in [4.69, 9.17) is 0 Å². The minimum Gasteiger partial charge on any atom is -0.308 e. The van der Waals surface area contributed by atoms with Crippen molar-refractivity contribution in [1.82, 2.24) is 0 Å². The number of rotatable bonds is 3. The van der Waals surface area contributed by atoms with Gasteiger partial charge in [0.05, 0.1) is 28.9 Å². The third kappa shape index (κ3) is 3.76. The number of hydrogen-bond donors (Lipinski definition) is 0. The molecule has 0 bridgehead atoms. The average molecular weight is 486 g/mol. The number of amides is 2. The number of carbonyl (C=O) groups is 2. The monoisotopic (exact) mass is 485 g/mol. The standard InChI is InChI=1S/C25H28FN3O4S/c1-16-15-27(25(31)18-5-3-6-18)24-14-20(8-10-23(24)29(16)17(2)30)19-7-9-22(21(26)13-19)28-11-4-12-34(28,32)33/h7-10,13-14,16,18H,3-6,11-12,15H2,1-2H3. The molecule has 1 atom stereocenters. The van der Waals surface area contributed by atoms with Gasteiger partial charge in [-0.25, -0.2) is 12.8 Å². The Kier molecular flexibility index (Phi) is 5.62. The van der Waals surface area contributed by atoms with Crippen molar-refractivity contribution >= 4 is 38.9 Å². The molecule has 0 aromatic heterocycles. The van der Waals surface area contributed by atoms with Crippen molar-refractivity contribution in [3.63, 3.8) is 0 Å². The number of sulfonamides is 1. The van der Waals surface area contributed by atoms with Gasteiger partial charge in [-0.2, -0.15) is 0 Å². The predicted octanol–water partition coefficient (Wildman–Crippen LogP) is 3.92. The number of halogens is 1. The largest absolute Gasteiger partial charge is 0.308 e. The zero-order valence-electron chi connectivity index (χ0n) is 19.3. The third-order valence-corrected chi connectivity index (χ3v) is 8.98. The van der Waals surface area contributed by atoms with E-state index in [2.05, 4.69) is 0 Å². The third-order valence-electron chi connectivity index (χ3n) is 7.12. The highest BCUT2D eigenvalue weighted by molar-refractivity contribution is 7.93. The summed E-state index contributed by atoms with van der Waals surface area (Å²) >= 11 is 0. The molecule has 2 heterocycles. The van der Waals surface area contributed by atoms with Crippen molar-refractivity contribution in [2.75, 3.05) is 32.9 Å². The summed E-state index contributed by atoms with van der Waals surface area (Å²) in [6.45, 7) is 4.12. The molecule has 5 rings (SSSR count). The molecule has 1 saturated heterocycles. The first-order valence-electron chi connectivity index (χ1n) is 11.7. The molecule has 34 heavy (non-hydrogen) atoms. The van der Waals surface area contributed by atoms with Crippen LogP contribution in [0.4, 0.5) is 21.5 Å². The second-order valence-electron chi connectivity index (χ2n) is 9.43. The lowest BCUT2D eigenvalue weighted by Crippen LogP contribution is -2.53. The molecule has 1 aliphatic carbocycles. The molecule has 0 N–H and O–H groups in total. The van der Waals surface area contributed by atoms with Crippen molar-refractivity contribution in [1.29, 1.82) is 0 Å². The van der Waals surface area contributed by atoms with Crippen LogP contribution >= 0.6 is 0 Å². The highest BCUT2D eigenvalue weighted by atomic mass is 32.2. The molecule has 2 aliphatic heterocycles. The Morgan fingerprint density at radius 1 is 0.971 bits per heavy atom. The van der Waals surface area contributed by atoms with E-state index in [-0.39, 0.29) is 41.8 Å². The van der Waals surface area contributed by atoms with Gasteiger partial charge in [-0.1, -0.05) is 18.6 Å². The zero-order chi connectivity index (χ0) is 24.2. The van der Waals surface area contributed by atoms with Gasteiger partial charge in [-0.15, -0.1) is 0 Å². The lowest BCUT2D eigenvalue weighted by molar-refractivity contribution is -0.125. The Balaban J connectivity index is 1.55. The van der Waals surface area contributed by atoms with Crippen LogP contribution in [0.25, 0.3) is 11.1 Å². The summed E-state index contributed by atoms with van der Waals surface area (Å²) in [7, 11) is -3.48. The highest BCUT2D eigenvalue weighted by Crippen LogP contribution is 2.41. The van der Waals surface area contributed by atoms with Gasteiger partial charge in [-0.05, 0) is 61.6 Å². The topological polar surface area (TPSA) is 78.0 Å². The number of fused-ring (bicyclic) bond motifs is 1. The lowest BCUT2D eigenvalue weighted by atomic mass is 9.84. The molecular formula is C25H28FN3O4S. The number of nitrogens with zero attached hydrogens (tertiary/aromatic N) is 3. The summed E-state index contributed by atoms with van der Waals surface area (Å²) in [5.74, 6) is -0.608. The van der Waals surface area contributed by atoms with Gasteiger partial charge in [0.25, 0.3) is 0 Å². The van der Waals surface area contributed by atoms with E-state index in [1.54, 1.807) is 28.0 Å². The van der Waals surface area contributed by atoms with Gasteiger partial charge in [0.2, 0.25) is 21.8 Å². The van der Waals surface area contributed by atoms with Crippen molar-refractivity contribution in [2.45, 2.75) is 45.6 Å². The van der Waals surface area contributed by atoms with Crippen molar-refractivity contribution in [2.24, 2.45) is 5.92 Å². The summed E-state index contributed by atoms with van der Waals surface area (Å²) in [6, 6.07) is 9.80. The van der Waals surface area contributed by atoms with Crippen molar-refractivity contribution < 1.29 is 22.4 Å². The first-order chi connectivity index (χ1) is 16.2. The molecule has 2 aromatic carbocycles. The van der Waals surface area contributed by atoms with Gasteiger partial charge >= 0.3 is 0 Å². The summed E-state index contributed by atoms with van der Waals surface area (Å²) in [5, 5.41) is 0. The molecular weight excluding hydrogens is 457 g/mol. The highest BCUT2D eigenvalue weighted by Gasteiger charge is 2.38. The Morgan fingerprint density at radius 3 is 2.21 bits per heavy atom. The molecule has 2 aromatic rings. The summed E-state index contributed by atoms with van der Waals surface area (Å²) in [5.41, 5.74) is 2.64. The molecule has 9 heteroatoms. The van der Waals surface area contributed by atoms with Crippen LogP contribution in [-0.4, -0.2) is 45.1 Å². The number of anilines is 3. The van der Waals surface area contributed by atoms with E-state index < -0.39 is 15.8 Å². The van der Waals surface area contributed by atoms with E-state index in [1.165, 1.54) is 19.1 Å². The normalized spacial score (nSPS) is 21.9. The molecule has 0 radical (unpaired) electrons. The molecule has 180 valence electrons. The molecule has 2 fully saturated rings. The zero-order valence-corrected chi connectivity index (χ0v) is 20.1. The molecule has 0 spiro atoms. The molecule has 7 nitrogen and oxygen atoms in total. The minimum absolute atomic E-state index is 0.00622. The Labute approximate surface area is 199 Å². The summed E-state index contributed by atoms with van der Waals surface area (Å²) in [6.07, 6.45) is 3.28. The predicted molar refractivity (Wildman–Crippen MR) is 130 cm³/mol. The Morgan fingerprint density at radius 2 is 1.65 bits per heavy atom. The van der Waals surface area contributed by atoms with Gasteiger partial charge < -0.3 is 9.80 Å². The lowest BCUT2D eigenvalue weighted by Gasteiger charge is -2.43. The minimum atomic E-state index is -3.48. The van der Waals surface area contributed by atoms with E-state index in [0.29, 0.717) is 35.5 Å². The van der Waals surface area contributed by atoms with Crippen molar-refractivity contribution in [3.05, 3.63) is 42.2 Å². The molecule has 3 aliphatic rings. The van der Waals surface area contributed by atoms with E-state index in [0.717, 1.165) is 23.6 Å². The summed E-state index contributed by atoms with van der Waals surface area (Å²) in [4.78, 5) is 29.1. The van der Waals surface area contributed by atoms with Crippen LogP contribution in [0.15, 0.2) is 36.4 Å². The van der Waals surface area contributed by atoms with Crippen LogP contribution in [0, 0.1) is 11.7 Å². The van der Waals surface area contributed by atoms with E-state index in [1.807, 2.05) is 13.0 Å². The fraction of sp³-hybridized carbons (Fsp3) is 0.440. The molecule has 1 saturated carbocycles.